The summed E-state index contributed by atoms with van der Waals surface area (Å²) < 4.78 is 82.8. The minimum atomic E-state index is -2.78. The fourth-order valence-electron chi connectivity index (χ4n) is 4.86. The second-order valence-electron chi connectivity index (χ2n) is 6.46. The normalized spacial score (nSPS) is 51.3. The zero-order chi connectivity index (χ0) is 22.8. The van der Waals surface area contributed by atoms with Gasteiger partial charge >= 0.3 is 0 Å². The predicted octanol–water partition coefficient (Wildman–Crippen LogP) is 1.93. The van der Waals surface area contributed by atoms with Gasteiger partial charge in [0.05, 0.1) is 12.5 Å². The Bertz CT molecular complexity index is 991. The highest BCUT2D eigenvalue weighted by atomic mass is 16.5. The van der Waals surface area contributed by atoms with Crippen LogP contribution in [0.5, 0.6) is 11.5 Å². The highest BCUT2D eigenvalue weighted by Crippen LogP contribution is 2.62. The molecule has 1 saturated carbocycles. The van der Waals surface area contributed by atoms with Crippen molar-refractivity contribution in [1.82, 2.24) is 4.90 Å². The minimum Gasteiger partial charge on any atom is -0.493 e. The first kappa shape index (κ1) is 6.91. The third kappa shape index (κ3) is 1.27. The fourth-order valence-corrected chi connectivity index (χ4v) is 4.86. The van der Waals surface area contributed by atoms with Gasteiger partial charge in [-0.2, -0.15) is 0 Å². The van der Waals surface area contributed by atoms with E-state index in [1.807, 2.05) is 0 Å². The van der Waals surface area contributed by atoms with Gasteiger partial charge in [-0.1, -0.05) is 6.07 Å². The smallest absolute Gasteiger partial charge is 0.174 e. The Morgan fingerprint density at radius 2 is 2.55 bits per heavy atom. The van der Waals surface area contributed by atoms with Crippen molar-refractivity contribution in [3.05, 3.63) is 23.3 Å². The van der Waals surface area contributed by atoms with Gasteiger partial charge in [0.1, 0.15) is 0 Å². The maximum absolute atomic E-state index is 13.2. The number of piperidine rings is 1. The van der Waals surface area contributed by atoms with Crippen LogP contribution < -0.4 is 9.47 Å². The van der Waals surface area contributed by atoms with Crippen molar-refractivity contribution >= 4 is 5.78 Å². The van der Waals surface area contributed by atoms with Gasteiger partial charge < -0.3 is 14.4 Å². The molecule has 2 aliphatic carbocycles. The highest BCUT2D eigenvalue weighted by Gasteiger charge is 2.65. The van der Waals surface area contributed by atoms with E-state index in [0.29, 0.717) is 11.1 Å². The molecule has 4 aliphatic rings. The molecule has 22 heavy (non-hydrogen) atoms. The van der Waals surface area contributed by atoms with E-state index in [1.165, 1.54) is 11.0 Å². The number of Topliss-reactive ketones (excluding diaryl/α,β-unsaturated/α-hetero) is 1. The van der Waals surface area contributed by atoms with Gasteiger partial charge in [-0.25, -0.2) is 0 Å². The topological polar surface area (TPSA) is 38.8 Å². The zero-order valence-corrected chi connectivity index (χ0v) is 11.8. The van der Waals surface area contributed by atoms with Crippen LogP contribution in [0.3, 0.4) is 0 Å². The number of benzene rings is 1. The molecule has 0 amide bonds. The van der Waals surface area contributed by atoms with Crippen molar-refractivity contribution < 1.29 is 26.6 Å². The number of carbonyl (C=O) groups is 1. The number of likely N-dealkylation sites (N-methyl/N-ethyl adjacent to an activating group) is 1. The Kier molecular flexibility index (Phi) is 1.27. The largest absolute Gasteiger partial charge is 0.493 e. The molecular weight excluding hydrogens is 278 g/mol. The number of carbonyl (C=O) groups excluding carboxylic acids is 1. The number of likely N-dealkylation sites (tertiary alicyclic amines) is 1. The minimum absolute atomic E-state index is 0.0135. The monoisotopic (exact) mass is 308 g/mol. The third-order valence-electron chi connectivity index (χ3n) is 5.74. The average Bonchev–Trinajstić information content (AvgIpc) is 2.86. The van der Waals surface area contributed by atoms with E-state index < -0.39 is 49.6 Å². The van der Waals surface area contributed by atoms with E-state index in [9.17, 15) is 4.79 Å². The number of hydrogen-bond acceptors (Lipinski definition) is 4. The van der Waals surface area contributed by atoms with Crippen LogP contribution >= 0.6 is 0 Å². The number of ketones is 1. The van der Waals surface area contributed by atoms with Crippen molar-refractivity contribution in [3.8, 4) is 11.5 Å². The Morgan fingerprint density at radius 3 is 3.41 bits per heavy atom. The van der Waals surface area contributed by atoms with E-state index in [1.54, 1.807) is 6.07 Å². The van der Waals surface area contributed by atoms with Crippen LogP contribution in [0.15, 0.2) is 12.1 Å². The van der Waals surface area contributed by atoms with E-state index in [4.69, 9.17) is 21.8 Å². The van der Waals surface area contributed by atoms with Crippen LogP contribution in [0.1, 0.15) is 42.7 Å². The molecule has 5 rings (SSSR count). The van der Waals surface area contributed by atoms with Crippen LogP contribution in [0.4, 0.5) is 0 Å². The summed E-state index contributed by atoms with van der Waals surface area (Å²) in [6.45, 7) is -2.32. The Labute approximate surface area is 143 Å². The summed E-state index contributed by atoms with van der Waals surface area (Å²) in [6.07, 6.45) is -4.56. The van der Waals surface area contributed by atoms with Crippen molar-refractivity contribution in [2.45, 2.75) is 43.2 Å². The first-order chi connectivity index (χ1) is 14.1. The Morgan fingerprint density at radius 1 is 1.59 bits per heavy atom. The molecular formula is C18H21NO3. The van der Waals surface area contributed by atoms with Crippen molar-refractivity contribution in [2.75, 3.05) is 20.6 Å². The number of nitrogens with zero attached hydrogens (tertiary/aromatic N) is 1. The summed E-state index contributed by atoms with van der Waals surface area (Å²) in [6, 6.07) is 2.43. The molecule has 2 heterocycles. The predicted molar refractivity (Wildman–Crippen MR) is 81.6 cm³/mol. The maximum atomic E-state index is 13.2. The molecule has 0 radical (unpaired) electrons. The Balaban J connectivity index is 1.77. The average molecular weight is 308 g/mol. The highest BCUT2D eigenvalue weighted by molar-refractivity contribution is 5.89. The van der Waals surface area contributed by atoms with Gasteiger partial charge in [-0.05, 0) is 50.3 Å². The molecule has 4 heteroatoms. The summed E-state index contributed by atoms with van der Waals surface area (Å²) in [5.41, 5.74) is -0.0916. The summed E-state index contributed by atoms with van der Waals surface area (Å²) in [5, 5.41) is 0. The van der Waals surface area contributed by atoms with E-state index in [-0.39, 0.29) is 37.3 Å². The third-order valence-corrected chi connectivity index (χ3v) is 5.74. The molecule has 0 aromatic heterocycles. The summed E-state index contributed by atoms with van der Waals surface area (Å²) in [7, 11) is -2.78. The van der Waals surface area contributed by atoms with Crippen LogP contribution in [0, 0.1) is 5.92 Å². The summed E-state index contributed by atoms with van der Waals surface area (Å²) >= 11 is 0. The van der Waals surface area contributed by atoms with Crippen LogP contribution in [-0.4, -0.2) is 43.4 Å². The fraction of sp³-hybridized carbons (Fsp3) is 0.611. The first-order valence-corrected chi connectivity index (χ1v) is 7.48. The lowest BCUT2D eigenvalue weighted by Crippen LogP contribution is -2.65. The van der Waals surface area contributed by atoms with Gasteiger partial charge in [-0.15, -0.1) is 0 Å². The van der Waals surface area contributed by atoms with Crippen molar-refractivity contribution in [2.24, 2.45) is 5.92 Å². The maximum Gasteiger partial charge on any atom is 0.174 e. The second-order valence-corrected chi connectivity index (χ2v) is 6.46. The van der Waals surface area contributed by atoms with Crippen molar-refractivity contribution in [3.63, 3.8) is 0 Å². The Hall–Kier alpha value is -1.55. The molecule has 0 N–H and O–H groups in total. The summed E-state index contributed by atoms with van der Waals surface area (Å²) in [5.74, 6) is -1.83. The molecule has 2 fully saturated rings. The van der Waals surface area contributed by atoms with Gasteiger partial charge in [0.25, 0.3) is 0 Å². The first-order valence-electron chi connectivity index (χ1n) is 12.0. The lowest BCUT2D eigenvalue weighted by atomic mass is 9.52. The van der Waals surface area contributed by atoms with E-state index in [0.717, 1.165) is 0 Å². The molecule has 1 aromatic carbocycles. The zero-order valence-electron chi connectivity index (χ0n) is 20.8. The quantitative estimate of drug-likeness (QED) is 0.795. The molecule has 1 saturated heterocycles. The molecule has 1 spiro atoms. The molecule has 2 bridgehead atoms. The summed E-state index contributed by atoms with van der Waals surface area (Å²) in [4.78, 5) is 14.6. The number of methoxy groups -OCH3 is 1. The van der Waals surface area contributed by atoms with Gasteiger partial charge in [0, 0.05) is 30.2 Å². The molecule has 1 unspecified atom stereocenters. The van der Waals surface area contributed by atoms with Gasteiger partial charge in [0.2, 0.25) is 0 Å². The standard InChI is InChI=1S/C18H21NO3/c1-19-8-7-18-11-4-5-13(20)17(18)22-16-14(21-2)6-3-10(15(16)18)9-12(11)19/h3,6,11-12,17H,4-5,7-9H2,1-2H3/t11-,12+,17?,18-/m0/s1/i1D3,2D3,5D2,17D. The van der Waals surface area contributed by atoms with Crippen LogP contribution in [0.2, 0.25) is 0 Å². The number of rotatable bonds is 1. The molecule has 4 nitrogen and oxygen atoms in total. The molecule has 4 atom stereocenters. The number of hydrogen-bond donors (Lipinski definition) is 0. The lowest BCUT2D eigenvalue weighted by Gasteiger charge is -2.57. The van der Waals surface area contributed by atoms with Crippen LogP contribution in [-0.2, 0) is 16.6 Å². The van der Waals surface area contributed by atoms with Gasteiger partial charge in [0.15, 0.2) is 23.4 Å². The SMILES string of the molecule is [2H]C([2H])([2H])Oc1ccc2c3c1OC1([2H])C(=O)C([2H])([2H])C[C@H]4[C@@H](C2)N(C([2H])([2H])[2H])CC[C@@]341. The second kappa shape index (κ2) is 4.05. The van der Waals surface area contributed by atoms with Crippen molar-refractivity contribution in [1.29, 1.82) is 0 Å². The molecule has 2 aliphatic heterocycles. The van der Waals surface area contributed by atoms with E-state index in [2.05, 4.69) is 0 Å². The number of ether oxygens (including phenoxy) is 2. The molecule has 116 valence electrons. The van der Waals surface area contributed by atoms with Crippen LogP contribution in [0.25, 0.3) is 0 Å². The van der Waals surface area contributed by atoms with Gasteiger partial charge in [-0.3, -0.25) is 4.79 Å². The molecule has 1 aromatic rings. The lowest BCUT2D eigenvalue weighted by molar-refractivity contribution is -0.138. The van der Waals surface area contributed by atoms with E-state index >= 15 is 0 Å².